The number of benzene rings is 1. The highest BCUT2D eigenvalue weighted by molar-refractivity contribution is 5.78. The number of carbonyl (C=O) groups is 1. The number of ether oxygens (including phenoxy) is 1. The van der Waals surface area contributed by atoms with Gasteiger partial charge in [0.2, 0.25) is 0 Å². The van der Waals surface area contributed by atoms with Crippen LogP contribution < -0.4 is 4.74 Å². The van der Waals surface area contributed by atoms with Crippen LogP contribution in [-0.2, 0) is 0 Å². The Bertz CT molecular complexity index is 629. The lowest BCUT2D eigenvalue weighted by atomic mass is 10.1. The summed E-state index contributed by atoms with van der Waals surface area (Å²) in [5.41, 5.74) is 4.13. The standard InChI is InChI=1S/C16H20N2O2/c1-11-5-6-15(9-12(11)2)20-8-7-16(19)18-14(4)10-13(3)17-18/h5-6,9-10H,7-8H2,1-4H3. The van der Waals surface area contributed by atoms with Crippen molar-refractivity contribution in [2.24, 2.45) is 0 Å². The summed E-state index contributed by atoms with van der Waals surface area (Å²) in [6.45, 7) is 8.22. The molecule has 0 atom stereocenters. The number of rotatable bonds is 4. The molecule has 0 aliphatic heterocycles. The van der Waals surface area contributed by atoms with Gasteiger partial charge in [-0.15, -0.1) is 0 Å². The average molecular weight is 272 g/mol. The third-order valence-corrected chi connectivity index (χ3v) is 3.31. The van der Waals surface area contributed by atoms with Crippen LogP contribution in [0.4, 0.5) is 0 Å². The molecule has 0 amide bonds. The van der Waals surface area contributed by atoms with Crippen LogP contribution in [0.15, 0.2) is 24.3 Å². The number of aromatic nitrogens is 2. The quantitative estimate of drug-likeness (QED) is 0.858. The molecule has 2 rings (SSSR count). The van der Waals surface area contributed by atoms with E-state index < -0.39 is 0 Å². The fraction of sp³-hybridized carbons (Fsp3) is 0.375. The van der Waals surface area contributed by atoms with Crippen molar-refractivity contribution in [2.75, 3.05) is 6.61 Å². The first-order valence-electron chi connectivity index (χ1n) is 6.74. The maximum Gasteiger partial charge on any atom is 0.250 e. The molecular weight excluding hydrogens is 252 g/mol. The van der Waals surface area contributed by atoms with Gasteiger partial charge in [0.25, 0.3) is 5.91 Å². The normalized spacial score (nSPS) is 10.6. The highest BCUT2D eigenvalue weighted by Gasteiger charge is 2.10. The number of hydrogen-bond donors (Lipinski definition) is 0. The lowest BCUT2D eigenvalue weighted by Crippen LogP contribution is -2.17. The van der Waals surface area contributed by atoms with Gasteiger partial charge in [-0.25, -0.2) is 4.68 Å². The van der Waals surface area contributed by atoms with Gasteiger partial charge in [0.1, 0.15) is 5.75 Å². The van der Waals surface area contributed by atoms with Crippen LogP contribution in [-0.4, -0.2) is 22.3 Å². The molecule has 1 aromatic carbocycles. The monoisotopic (exact) mass is 272 g/mol. The lowest BCUT2D eigenvalue weighted by molar-refractivity contribution is 0.0862. The predicted molar refractivity (Wildman–Crippen MR) is 78.4 cm³/mol. The van der Waals surface area contributed by atoms with E-state index in [1.165, 1.54) is 15.8 Å². The Morgan fingerprint density at radius 2 is 1.90 bits per heavy atom. The fourth-order valence-electron chi connectivity index (χ4n) is 2.05. The molecule has 0 radical (unpaired) electrons. The van der Waals surface area contributed by atoms with E-state index in [0.717, 1.165) is 17.1 Å². The molecule has 0 unspecified atom stereocenters. The summed E-state index contributed by atoms with van der Waals surface area (Å²) in [5.74, 6) is 0.758. The second-order valence-electron chi connectivity index (χ2n) is 5.08. The highest BCUT2D eigenvalue weighted by Crippen LogP contribution is 2.16. The van der Waals surface area contributed by atoms with E-state index in [1.807, 2.05) is 45.0 Å². The van der Waals surface area contributed by atoms with Crippen molar-refractivity contribution in [3.05, 3.63) is 46.8 Å². The van der Waals surface area contributed by atoms with Crippen LogP contribution in [0.1, 0.15) is 33.7 Å². The van der Waals surface area contributed by atoms with Crippen LogP contribution in [0.5, 0.6) is 5.75 Å². The topological polar surface area (TPSA) is 44.1 Å². The maximum absolute atomic E-state index is 12.0. The van der Waals surface area contributed by atoms with E-state index in [2.05, 4.69) is 12.0 Å². The first-order chi connectivity index (χ1) is 9.47. The third-order valence-electron chi connectivity index (χ3n) is 3.31. The van der Waals surface area contributed by atoms with E-state index in [1.54, 1.807) is 0 Å². The molecular formula is C16H20N2O2. The molecule has 1 aromatic heterocycles. The van der Waals surface area contributed by atoms with Gasteiger partial charge in [0.15, 0.2) is 0 Å². The minimum Gasteiger partial charge on any atom is -0.493 e. The predicted octanol–water partition coefficient (Wildman–Crippen LogP) is 3.23. The van der Waals surface area contributed by atoms with Crippen molar-refractivity contribution in [2.45, 2.75) is 34.1 Å². The molecule has 0 fully saturated rings. The van der Waals surface area contributed by atoms with Crippen molar-refractivity contribution < 1.29 is 9.53 Å². The summed E-state index contributed by atoms with van der Waals surface area (Å²) >= 11 is 0. The Morgan fingerprint density at radius 3 is 2.50 bits per heavy atom. The van der Waals surface area contributed by atoms with Crippen LogP contribution >= 0.6 is 0 Å². The summed E-state index contributed by atoms with van der Waals surface area (Å²) in [5, 5.41) is 4.17. The van der Waals surface area contributed by atoms with Crippen molar-refractivity contribution in [1.29, 1.82) is 0 Å². The Kier molecular flexibility index (Phi) is 4.23. The van der Waals surface area contributed by atoms with E-state index in [-0.39, 0.29) is 5.91 Å². The zero-order chi connectivity index (χ0) is 14.7. The van der Waals surface area contributed by atoms with E-state index in [9.17, 15) is 4.79 Å². The van der Waals surface area contributed by atoms with Gasteiger partial charge in [-0.05, 0) is 57.0 Å². The van der Waals surface area contributed by atoms with Crippen molar-refractivity contribution >= 4 is 5.91 Å². The summed E-state index contributed by atoms with van der Waals surface area (Å²) < 4.78 is 7.06. The Morgan fingerprint density at radius 1 is 1.15 bits per heavy atom. The second kappa shape index (κ2) is 5.90. The van der Waals surface area contributed by atoms with Crippen molar-refractivity contribution in [1.82, 2.24) is 9.78 Å². The molecule has 1 heterocycles. The summed E-state index contributed by atoms with van der Waals surface area (Å²) in [6.07, 6.45) is 0.314. The smallest absolute Gasteiger partial charge is 0.250 e. The first-order valence-corrected chi connectivity index (χ1v) is 6.74. The van der Waals surface area contributed by atoms with Gasteiger partial charge in [-0.1, -0.05) is 6.07 Å². The van der Waals surface area contributed by atoms with Gasteiger partial charge >= 0.3 is 0 Å². The minimum atomic E-state index is -0.0422. The number of nitrogens with zero attached hydrogens (tertiary/aromatic N) is 2. The van der Waals surface area contributed by atoms with Gasteiger partial charge in [-0.3, -0.25) is 4.79 Å². The van der Waals surface area contributed by atoms with E-state index in [0.29, 0.717) is 13.0 Å². The van der Waals surface area contributed by atoms with E-state index in [4.69, 9.17) is 4.74 Å². The zero-order valence-electron chi connectivity index (χ0n) is 12.4. The molecule has 0 N–H and O–H groups in total. The number of carbonyl (C=O) groups excluding carboxylic acids is 1. The van der Waals surface area contributed by atoms with Gasteiger partial charge < -0.3 is 4.74 Å². The molecule has 20 heavy (non-hydrogen) atoms. The molecule has 0 spiro atoms. The maximum atomic E-state index is 12.0. The van der Waals surface area contributed by atoms with Crippen molar-refractivity contribution in [3.8, 4) is 5.75 Å². The number of aryl methyl sites for hydroxylation is 4. The fourth-order valence-corrected chi connectivity index (χ4v) is 2.05. The Labute approximate surface area is 119 Å². The summed E-state index contributed by atoms with van der Waals surface area (Å²) in [7, 11) is 0. The molecule has 0 saturated carbocycles. The van der Waals surface area contributed by atoms with Crippen LogP contribution in [0.25, 0.3) is 0 Å². The second-order valence-corrected chi connectivity index (χ2v) is 5.08. The first kappa shape index (κ1) is 14.3. The average Bonchev–Trinajstić information content (AvgIpc) is 2.73. The van der Waals surface area contributed by atoms with Crippen LogP contribution in [0.3, 0.4) is 0 Å². The molecule has 0 aliphatic rings. The largest absolute Gasteiger partial charge is 0.493 e. The molecule has 4 nitrogen and oxygen atoms in total. The highest BCUT2D eigenvalue weighted by atomic mass is 16.5. The third kappa shape index (κ3) is 3.26. The number of hydrogen-bond acceptors (Lipinski definition) is 3. The Balaban J connectivity index is 1.91. The molecule has 106 valence electrons. The zero-order valence-corrected chi connectivity index (χ0v) is 12.4. The summed E-state index contributed by atoms with van der Waals surface area (Å²) in [4.78, 5) is 12.0. The molecule has 0 saturated heterocycles. The van der Waals surface area contributed by atoms with Gasteiger partial charge in [-0.2, -0.15) is 5.10 Å². The molecule has 4 heteroatoms. The SMILES string of the molecule is Cc1cc(C)n(C(=O)CCOc2ccc(C)c(C)c2)n1. The summed E-state index contributed by atoms with van der Waals surface area (Å²) in [6, 6.07) is 7.83. The molecule has 2 aromatic rings. The Hall–Kier alpha value is -2.10. The van der Waals surface area contributed by atoms with Gasteiger partial charge in [0, 0.05) is 5.69 Å². The lowest BCUT2D eigenvalue weighted by Gasteiger charge is -2.08. The van der Waals surface area contributed by atoms with E-state index >= 15 is 0 Å². The van der Waals surface area contributed by atoms with Gasteiger partial charge in [0.05, 0.1) is 18.7 Å². The van der Waals surface area contributed by atoms with Crippen LogP contribution in [0, 0.1) is 27.7 Å². The van der Waals surface area contributed by atoms with Crippen LogP contribution in [0.2, 0.25) is 0 Å². The molecule has 0 bridgehead atoms. The van der Waals surface area contributed by atoms with Crippen molar-refractivity contribution in [3.63, 3.8) is 0 Å². The molecule has 0 aliphatic carbocycles. The minimum absolute atomic E-state index is 0.0422.